The van der Waals surface area contributed by atoms with Crippen LogP contribution in [0.1, 0.15) is 32.3 Å². The Hall–Kier alpha value is -1.74. The second-order valence-electron chi connectivity index (χ2n) is 11.2. The Kier molecular flexibility index (Phi) is 7.58. The predicted molar refractivity (Wildman–Crippen MR) is 141 cm³/mol. The van der Waals surface area contributed by atoms with E-state index in [0.29, 0.717) is 44.8 Å². The van der Waals surface area contributed by atoms with Gasteiger partial charge in [-0.3, -0.25) is 4.90 Å². The Morgan fingerprint density at radius 2 is 1.74 bits per heavy atom. The van der Waals surface area contributed by atoms with Crippen LogP contribution in [0.4, 0.5) is 18.9 Å². The molecule has 4 heterocycles. The number of morpholine rings is 1. The highest BCUT2D eigenvalue weighted by atomic mass is 32.2. The van der Waals surface area contributed by atoms with Gasteiger partial charge < -0.3 is 19.8 Å². The van der Waals surface area contributed by atoms with Gasteiger partial charge in [-0.2, -0.15) is 17.5 Å². The molecule has 1 aromatic carbocycles. The minimum atomic E-state index is -4.83. The van der Waals surface area contributed by atoms with E-state index in [9.17, 15) is 31.8 Å². The van der Waals surface area contributed by atoms with Gasteiger partial charge in [-0.1, -0.05) is 18.2 Å². The van der Waals surface area contributed by atoms with Gasteiger partial charge in [0.25, 0.3) is 10.0 Å². The minimum absolute atomic E-state index is 0.0251. The molecule has 0 aliphatic carbocycles. The average molecular weight is 590 g/mol. The Morgan fingerprint density at radius 1 is 1.10 bits per heavy atom. The van der Waals surface area contributed by atoms with Crippen molar-refractivity contribution >= 4 is 27.0 Å². The fraction of sp³-hybridized carbons (Fsp3) is 0.615. The SMILES string of the molecule is CC1(O)C[C@H]2COC[C@@H](C1)N2C[C@H]1CN(S(=O)(=O)c2cccs2)CCN1c1ccc(C(C)(O)C(F)(F)F)cc1. The molecule has 3 aliphatic rings. The number of sulfonamides is 1. The first kappa shape index (κ1) is 28.8. The van der Waals surface area contributed by atoms with Crippen LogP contribution >= 0.6 is 11.3 Å². The Balaban J connectivity index is 1.43. The maximum atomic E-state index is 13.4. The van der Waals surface area contributed by atoms with E-state index in [1.165, 1.54) is 16.4 Å². The molecule has 2 unspecified atom stereocenters. The molecule has 5 atom stereocenters. The van der Waals surface area contributed by atoms with Crippen LogP contribution in [-0.2, 0) is 20.4 Å². The molecule has 3 saturated heterocycles. The number of piperazine rings is 1. The number of hydrogen-bond donors (Lipinski definition) is 2. The normalized spacial score (nSPS) is 30.7. The van der Waals surface area contributed by atoms with E-state index >= 15 is 0 Å². The van der Waals surface area contributed by atoms with Crippen molar-refractivity contribution < 1.29 is 36.5 Å². The van der Waals surface area contributed by atoms with E-state index < -0.39 is 27.4 Å². The van der Waals surface area contributed by atoms with Crippen LogP contribution in [0.25, 0.3) is 0 Å². The molecule has 0 saturated carbocycles. The number of hydrogen-bond acceptors (Lipinski definition) is 8. The summed E-state index contributed by atoms with van der Waals surface area (Å²) in [7, 11) is -3.69. The van der Waals surface area contributed by atoms with E-state index in [2.05, 4.69) is 4.90 Å². The summed E-state index contributed by atoms with van der Waals surface area (Å²) in [5.74, 6) is 0. The number of benzene rings is 1. The Bertz CT molecular complexity index is 1240. The van der Waals surface area contributed by atoms with Crippen molar-refractivity contribution in [1.29, 1.82) is 0 Å². The molecule has 3 aliphatic heterocycles. The molecule has 3 fully saturated rings. The monoisotopic (exact) mass is 589 g/mol. The van der Waals surface area contributed by atoms with Gasteiger partial charge in [0.1, 0.15) is 4.21 Å². The molecule has 216 valence electrons. The van der Waals surface area contributed by atoms with Gasteiger partial charge in [0.15, 0.2) is 5.60 Å². The summed E-state index contributed by atoms with van der Waals surface area (Å²) in [4.78, 5) is 4.33. The smallest absolute Gasteiger partial charge is 0.390 e. The first-order valence-electron chi connectivity index (χ1n) is 12.9. The standard InChI is InChI=1S/C26H34F3N3O5S2/c1-24(33)12-20-16-37-17-21(13-24)32(20)15-22-14-30(39(35,36)23-4-3-11-38-23)9-10-31(22)19-7-5-18(6-8-19)25(2,34)26(27,28)29/h3-8,11,20-22,33-34H,9-10,12-17H2,1-2H3/t20-,21+,22-,24?,25?/m1/s1. The largest absolute Gasteiger partial charge is 0.421 e. The molecule has 39 heavy (non-hydrogen) atoms. The summed E-state index contributed by atoms with van der Waals surface area (Å²) in [5.41, 5.74) is -3.40. The van der Waals surface area contributed by atoms with Gasteiger partial charge in [0.05, 0.1) is 24.9 Å². The number of ether oxygens (including phenoxy) is 1. The minimum Gasteiger partial charge on any atom is -0.390 e. The number of alkyl halides is 3. The first-order valence-corrected chi connectivity index (χ1v) is 15.3. The van der Waals surface area contributed by atoms with Crippen molar-refractivity contribution in [2.75, 3.05) is 44.3 Å². The van der Waals surface area contributed by atoms with Gasteiger partial charge in [-0.15, -0.1) is 11.3 Å². The molecule has 2 N–H and O–H groups in total. The van der Waals surface area contributed by atoms with Crippen molar-refractivity contribution in [3.05, 3.63) is 47.3 Å². The van der Waals surface area contributed by atoms with E-state index in [4.69, 9.17) is 4.74 Å². The topological polar surface area (TPSA) is 93.6 Å². The van der Waals surface area contributed by atoms with Gasteiger partial charge in [0.2, 0.25) is 0 Å². The van der Waals surface area contributed by atoms with Crippen molar-refractivity contribution in [1.82, 2.24) is 9.21 Å². The highest BCUT2D eigenvalue weighted by Crippen LogP contribution is 2.40. The summed E-state index contributed by atoms with van der Waals surface area (Å²) in [6.45, 7) is 4.78. The first-order chi connectivity index (χ1) is 18.2. The lowest BCUT2D eigenvalue weighted by Crippen LogP contribution is -2.66. The zero-order chi connectivity index (χ0) is 28.2. The predicted octanol–water partition coefficient (Wildman–Crippen LogP) is 3.01. The van der Waals surface area contributed by atoms with E-state index in [0.717, 1.165) is 18.3 Å². The van der Waals surface area contributed by atoms with Gasteiger partial charge in [0, 0.05) is 44.0 Å². The molecule has 8 nitrogen and oxygen atoms in total. The molecule has 2 bridgehead atoms. The van der Waals surface area contributed by atoms with E-state index in [1.54, 1.807) is 29.6 Å². The lowest BCUT2D eigenvalue weighted by molar-refractivity contribution is -0.258. The maximum absolute atomic E-state index is 13.4. The quantitative estimate of drug-likeness (QED) is 0.535. The molecule has 1 aromatic heterocycles. The number of piperidine rings is 1. The summed E-state index contributed by atoms with van der Waals surface area (Å²) in [6, 6.07) is 8.59. The van der Waals surface area contributed by atoms with Crippen LogP contribution in [0.3, 0.4) is 0 Å². The van der Waals surface area contributed by atoms with Crippen molar-refractivity contribution in [2.45, 2.75) is 66.4 Å². The number of aliphatic hydroxyl groups is 2. The lowest BCUT2D eigenvalue weighted by atomic mass is 9.82. The fourth-order valence-electron chi connectivity index (χ4n) is 6.04. The second-order valence-corrected chi connectivity index (χ2v) is 14.3. The van der Waals surface area contributed by atoms with Crippen molar-refractivity contribution in [3.63, 3.8) is 0 Å². The molecule has 5 rings (SSSR count). The fourth-order valence-corrected chi connectivity index (χ4v) is 8.66. The number of anilines is 1. The lowest BCUT2D eigenvalue weighted by Gasteiger charge is -2.53. The van der Waals surface area contributed by atoms with Crippen LogP contribution in [0.15, 0.2) is 46.0 Å². The number of fused-ring (bicyclic) bond motifs is 2. The summed E-state index contributed by atoms with van der Waals surface area (Å²) in [5, 5.41) is 22.6. The maximum Gasteiger partial charge on any atom is 0.421 e. The van der Waals surface area contributed by atoms with E-state index in [1.807, 2.05) is 11.8 Å². The molecule has 2 aromatic rings. The molecule has 0 amide bonds. The molecular formula is C26H34F3N3O5S2. The number of thiophene rings is 1. The third-order valence-corrected chi connectivity index (χ3v) is 11.4. The van der Waals surface area contributed by atoms with Gasteiger partial charge >= 0.3 is 6.18 Å². The third-order valence-electron chi connectivity index (χ3n) is 8.18. The van der Waals surface area contributed by atoms with Crippen LogP contribution in [-0.4, -0.2) is 97.1 Å². The van der Waals surface area contributed by atoms with Crippen LogP contribution < -0.4 is 4.90 Å². The van der Waals surface area contributed by atoms with Crippen LogP contribution in [0.5, 0.6) is 0 Å². The number of halogens is 3. The second kappa shape index (κ2) is 10.3. The average Bonchev–Trinajstić information content (AvgIpc) is 3.40. The van der Waals surface area contributed by atoms with Crippen molar-refractivity contribution in [3.8, 4) is 0 Å². The summed E-state index contributed by atoms with van der Waals surface area (Å²) < 4.78 is 74.4. The molecule has 0 spiro atoms. The Labute approximate surface area is 230 Å². The molecule has 13 heteroatoms. The number of nitrogens with zero attached hydrogens (tertiary/aromatic N) is 3. The zero-order valence-electron chi connectivity index (χ0n) is 21.8. The zero-order valence-corrected chi connectivity index (χ0v) is 23.5. The summed E-state index contributed by atoms with van der Waals surface area (Å²) in [6.07, 6.45) is -3.75. The molecule has 0 radical (unpaired) electrons. The van der Waals surface area contributed by atoms with Crippen molar-refractivity contribution in [2.24, 2.45) is 0 Å². The highest BCUT2D eigenvalue weighted by molar-refractivity contribution is 7.91. The number of rotatable bonds is 6. The van der Waals surface area contributed by atoms with Crippen LogP contribution in [0.2, 0.25) is 0 Å². The summed E-state index contributed by atoms with van der Waals surface area (Å²) >= 11 is 1.16. The third kappa shape index (κ3) is 5.59. The van der Waals surface area contributed by atoms with Gasteiger partial charge in [-0.25, -0.2) is 8.42 Å². The van der Waals surface area contributed by atoms with Crippen LogP contribution in [0, 0.1) is 0 Å². The van der Waals surface area contributed by atoms with E-state index in [-0.39, 0.29) is 41.0 Å². The highest BCUT2D eigenvalue weighted by Gasteiger charge is 2.51. The Morgan fingerprint density at radius 3 is 2.31 bits per heavy atom. The molecular weight excluding hydrogens is 555 g/mol. The van der Waals surface area contributed by atoms with Gasteiger partial charge in [-0.05, 0) is 55.8 Å².